The number of nitrogens with zero attached hydrogens (tertiary/aromatic N) is 2. The van der Waals surface area contributed by atoms with Crippen LogP contribution in [0.15, 0.2) is 36.6 Å². The topological polar surface area (TPSA) is 25.8 Å². The van der Waals surface area contributed by atoms with Crippen LogP contribution in [0.2, 0.25) is 0 Å². The van der Waals surface area contributed by atoms with Gasteiger partial charge in [0, 0.05) is 24.2 Å². The highest BCUT2D eigenvalue weighted by Crippen LogP contribution is 2.27. The van der Waals surface area contributed by atoms with Crippen molar-refractivity contribution in [2.45, 2.75) is 0 Å². The van der Waals surface area contributed by atoms with Gasteiger partial charge in [0.05, 0.1) is 16.8 Å². The fourth-order valence-electron chi connectivity index (χ4n) is 1.15. The number of rotatable bonds is 2. The first-order valence-corrected chi connectivity index (χ1v) is 5.13. The monoisotopic (exact) mass is 219 g/mol. The summed E-state index contributed by atoms with van der Waals surface area (Å²) in [6.45, 7) is 3.19. The summed E-state index contributed by atoms with van der Waals surface area (Å²) in [6, 6.07) is 3.73. The lowest BCUT2D eigenvalue weighted by Crippen LogP contribution is -1.79. The van der Waals surface area contributed by atoms with Gasteiger partial charge in [0.25, 0.3) is 0 Å². The summed E-state index contributed by atoms with van der Waals surface area (Å²) in [7, 11) is 0. The van der Waals surface area contributed by atoms with E-state index in [4.69, 9.17) is 0 Å². The predicted molar refractivity (Wildman–Crippen MR) is 59.8 cm³/mol. The molecule has 4 heteroatoms. The largest absolute Gasteiger partial charge is 0.261 e. The van der Waals surface area contributed by atoms with Crippen molar-refractivity contribution in [3.63, 3.8) is 0 Å². The Hall–Kier alpha value is -1.55. The van der Waals surface area contributed by atoms with Crippen LogP contribution in [0.5, 0.6) is 0 Å². The molecule has 0 N–H and O–H groups in total. The minimum absolute atomic E-state index is 0.442. The van der Waals surface area contributed by atoms with Crippen LogP contribution in [0.1, 0.15) is 4.88 Å². The zero-order chi connectivity index (χ0) is 10.7. The normalized spacial score (nSPS) is 11.7. The van der Waals surface area contributed by atoms with E-state index in [9.17, 15) is 4.39 Å². The van der Waals surface area contributed by atoms with Crippen molar-refractivity contribution in [1.29, 1.82) is 0 Å². The zero-order valence-electron chi connectivity index (χ0n) is 7.85. The Labute approximate surface area is 91.1 Å². The molecular formula is C11H8FN2S. The maximum absolute atomic E-state index is 12.5. The maximum Gasteiger partial charge on any atom is 0.102 e. The number of hydrogen-bond acceptors (Lipinski definition) is 3. The highest BCUT2D eigenvalue weighted by molar-refractivity contribution is 7.16. The molecule has 0 atom stereocenters. The summed E-state index contributed by atoms with van der Waals surface area (Å²) in [5.41, 5.74) is 0.798. The molecule has 0 aromatic carbocycles. The third-order valence-corrected chi connectivity index (χ3v) is 2.80. The first kappa shape index (κ1) is 9.98. The molecular weight excluding hydrogens is 211 g/mol. The third kappa shape index (κ3) is 2.47. The first-order chi connectivity index (χ1) is 7.25. The summed E-state index contributed by atoms with van der Waals surface area (Å²) in [5.74, 6) is -0.442. The van der Waals surface area contributed by atoms with E-state index >= 15 is 0 Å². The molecule has 0 aliphatic rings. The summed E-state index contributed by atoms with van der Waals surface area (Å²) in [6.07, 6.45) is 6.32. The highest BCUT2D eigenvalue weighted by atomic mass is 32.1. The van der Waals surface area contributed by atoms with E-state index < -0.39 is 5.83 Å². The standard InChI is InChI=1S/C11H8FN2S/c1-8(12)6-9-2-3-11(15-9)10-7-13-4-5-14-10/h2-7H,1H2/b8-6-. The van der Waals surface area contributed by atoms with Crippen molar-refractivity contribution < 1.29 is 4.39 Å². The number of allylic oxidation sites excluding steroid dienone is 1. The number of aromatic nitrogens is 2. The van der Waals surface area contributed by atoms with Crippen LogP contribution in [0.25, 0.3) is 16.6 Å². The summed E-state index contributed by atoms with van der Waals surface area (Å²) in [4.78, 5) is 9.92. The van der Waals surface area contributed by atoms with Crippen LogP contribution in [0.4, 0.5) is 4.39 Å². The van der Waals surface area contributed by atoms with Crippen LogP contribution in [0.3, 0.4) is 0 Å². The molecule has 2 heterocycles. The third-order valence-electron chi connectivity index (χ3n) is 1.74. The second-order valence-electron chi connectivity index (χ2n) is 2.88. The molecule has 0 amide bonds. The lowest BCUT2D eigenvalue weighted by atomic mass is 10.3. The Balaban J connectivity index is 2.32. The van der Waals surface area contributed by atoms with Gasteiger partial charge in [-0.15, -0.1) is 11.3 Å². The van der Waals surface area contributed by atoms with Crippen molar-refractivity contribution in [2.24, 2.45) is 0 Å². The molecule has 2 aromatic rings. The molecule has 2 rings (SSSR count). The van der Waals surface area contributed by atoms with Gasteiger partial charge < -0.3 is 0 Å². The number of thiophene rings is 1. The molecule has 1 radical (unpaired) electrons. The fourth-order valence-corrected chi connectivity index (χ4v) is 2.07. The van der Waals surface area contributed by atoms with E-state index in [1.54, 1.807) is 18.6 Å². The van der Waals surface area contributed by atoms with Crippen LogP contribution in [-0.2, 0) is 0 Å². The molecule has 0 unspecified atom stereocenters. The molecule has 15 heavy (non-hydrogen) atoms. The molecule has 0 bridgehead atoms. The molecule has 0 saturated carbocycles. The lowest BCUT2D eigenvalue weighted by molar-refractivity contribution is 0.673. The molecule has 0 saturated heterocycles. The Kier molecular flexibility index (Phi) is 2.87. The van der Waals surface area contributed by atoms with E-state index in [0.29, 0.717) is 0 Å². The van der Waals surface area contributed by atoms with Gasteiger partial charge in [-0.05, 0) is 18.2 Å². The summed E-state index contributed by atoms with van der Waals surface area (Å²) in [5, 5.41) is 0. The molecule has 0 spiro atoms. The Bertz CT molecular complexity index is 472. The van der Waals surface area contributed by atoms with Crippen molar-refractivity contribution in [3.8, 4) is 10.6 Å². The van der Waals surface area contributed by atoms with Gasteiger partial charge >= 0.3 is 0 Å². The van der Waals surface area contributed by atoms with Gasteiger partial charge in [-0.1, -0.05) is 0 Å². The van der Waals surface area contributed by atoms with Gasteiger partial charge in [0.2, 0.25) is 0 Å². The van der Waals surface area contributed by atoms with Crippen LogP contribution < -0.4 is 0 Å². The quantitative estimate of drug-likeness (QED) is 0.774. The number of halogens is 1. The second kappa shape index (κ2) is 4.31. The second-order valence-corrected chi connectivity index (χ2v) is 4.00. The van der Waals surface area contributed by atoms with Gasteiger partial charge in [-0.25, -0.2) is 4.39 Å². The van der Waals surface area contributed by atoms with Crippen LogP contribution in [-0.4, -0.2) is 9.97 Å². The average Bonchev–Trinajstić information content (AvgIpc) is 2.67. The van der Waals surface area contributed by atoms with Crippen molar-refractivity contribution >= 4 is 17.4 Å². The Morgan fingerprint density at radius 3 is 2.93 bits per heavy atom. The van der Waals surface area contributed by atoms with Gasteiger partial charge in [0.15, 0.2) is 0 Å². The van der Waals surface area contributed by atoms with Gasteiger partial charge in [-0.2, -0.15) is 0 Å². The molecule has 0 fully saturated rings. The number of hydrogen-bond donors (Lipinski definition) is 0. The molecule has 2 aromatic heterocycles. The Morgan fingerprint density at radius 1 is 1.40 bits per heavy atom. The van der Waals surface area contributed by atoms with Crippen LogP contribution >= 0.6 is 11.3 Å². The first-order valence-electron chi connectivity index (χ1n) is 4.31. The van der Waals surface area contributed by atoms with E-state index in [1.165, 1.54) is 17.4 Å². The predicted octanol–water partition coefficient (Wildman–Crippen LogP) is 3.35. The van der Waals surface area contributed by atoms with Crippen LogP contribution in [0, 0.1) is 6.92 Å². The van der Waals surface area contributed by atoms with E-state index in [1.807, 2.05) is 12.1 Å². The van der Waals surface area contributed by atoms with E-state index in [2.05, 4.69) is 16.9 Å². The van der Waals surface area contributed by atoms with Crippen molar-refractivity contribution in [2.75, 3.05) is 0 Å². The molecule has 2 nitrogen and oxygen atoms in total. The average molecular weight is 219 g/mol. The SMILES string of the molecule is [CH2]/C(F)=C/c1ccc(-c2cnccn2)s1. The molecule has 0 aliphatic carbocycles. The Morgan fingerprint density at radius 2 is 2.27 bits per heavy atom. The fraction of sp³-hybridized carbons (Fsp3) is 0. The minimum atomic E-state index is -0.442. The summed E-state index contributed by atoms with van der Waals surface area (Å²) >= 11 is 1.46. The summed E-state index contributed by atoms with van der Waals surface area (Å²) < 4.78 is 12.5. The van der Waals surface area contributed by atoms with Crippen molar-refractivity contribution in [1.82, 2.24) is 9.97 Å². The van der Waals surface area contributed by atoms with Gasteiger partial charge in [-0.3, -0.25) is 9.97 Å². The van der Waals surface area contributed by atoms with E-state index in [-0.39, 0.29) is 0 Å². The molecule has 75 valence electrons. The van der Waals surface area contributed by atoms with Crippen molar-refractivity contribution in [3.05, 3.63) is 48.4 Å². The smallest absolute Gasteiger partial charge is 0.102 e. The maximum atomic E-state index is 12.5. The highest BCUT2D eigenvalue weighted by Gasteiger charge is 2.02. The molecule has 0 aliphatic heterocycles. The van der Waals surface area contributed by atoms with Gasteiger partial charge in [0.1, 0.15) is 5.83 Å². The zero-order valence-corrected chi connectivity index (χ0v) is 8.67. The lowest BCUT2D eigenvalue weighted by Gasteiger charge is -1.92. The van der Waals surface area contributed by atoms with E-state index in [0.717, 1.165) is 15.4 Å². The minimum Gasteiger partial charge on any atom is -0.261 e.